The van der Waals surface area contributed by atoms with Crippen molar-refractivity contribution in [1.29, 1.82) is 0 Å². The highest BCUT2D eigenvalue weighted by Gasteiger charge is 2.27. The molecule has 0 aliphatic heterocycles. The van der Waals surface area contributed by atoms with E-state index >= 15 is 0 Å². The van der Waals surface area contributed by atoms with Gasteiger partial charge in [0.05, 0.1) is 5.69 Å². The van der Waals surface area contributed by atoms with Crippen LogP contribution in [0.3, 0.4) is 0 Å². The van der Waals surface area contributed by atoms with Crippen molar-refractivity contribution in [3.8, 4) is 0 Å². The predicted molar refractivity (Wildman–Crippen MR) is 48.3 cm³/mol. The van der Waals surface area contributed by atoms with Crippen LogP contribution in [0.15, 0.2) is 5.38 Å². The first-order valence-electron chi connectivity index (χ1n) is 3.75. The van der Waals surface area contributed by atoms with Gasteiger partial charge >= 0.3 is 6.18 Å². The fraction of sp³-hybridized carbons (Fsp3) is 0.500. The third-order valence-electron chi connectivity index (χ3n) is 1.62. The smallest absolute Gasteiger partial charge is 0.375 e. The summed E-state index contributed by atoms with van der Waals surface area (Å²) in [5.41, 5.74) is 1.48. The lowest BCUT2D eigenvalue weighted by Gasteiger charge is -2.09. The first-order valence-corrected chi connectivity index (χ1v) is 4.63. The van der Waals surface area contributed by atoms with Crippen LogP contribution < -0.4 is 5.32 Å². The molecular formula is C8H10F3NS. The molecule has 0 atom stereocenters. The fourth-order valence-electron chi connectivity index (χ4n) is 1.02. The molecule has 13 heavy (non-hydrogen) atoms. The highest BCUT2D eigenvalue weighted by Crippen LogP contribution is 2.27. The average Bonchev–Trinajstić information content (AvgIpc) is 2.27. The fourth-order valence-corrected chi connectivity index (χ4v) is 1.85. The average molecular weight is 209 g/mol. The van der Waals surface area contributed by atoms with Gasteiger partial charge in [0, 0.05) is 4.88 Å². The molecule has 0 aromatic carbocycles. The summed E-state index contributed by atoms with van der Waals surface area (Å²) in [6.07, 6.45) is -4.15. The topological polar surface area (TPSA) is 12.0 Å². The molecule has 0 aliphatic rings. The van der Waals surface area contributed by atoms with Crippen molar-refractivity contribution >= 4 is 17.0 Å². The zero-order chi connectivity index (χ0) is 10.1. The number of alkyl halides is 3. The molecule has 0 amide bonds. The van der Waals surface area contributed by atoms with E-state index in [2.05, 4.69) is 5.32 Å². The lowest BCUT2D eigenvalue weighted by Crippen LogP contribution is -2.21. The number of halogens is 3. The molecule has 1 heterocycles. The van der Waals surface area contributed by atoms with Gasteiger partial charge in [0.1, 0.15) is 6.54 Å². The van der Waals surface area contributed by atoms with Gasteiger partial charge in [0.15, 0.2) is 0 Å². The maximum absolute atomic E-state index is 11.9. The van der Waals surface area contributed by atoms with Crippen LogP contribution in [0.2, 0.25) is 0 Å². The van der Waals surface area contributed by atoms with Crippen LogP contribution in [-0.4, -0.2) is 12.7 Å². The van der Waals surface area contributed by atoms with Gasteiger partial charge in [-0.2, -0.15) is 13.2 Å². The van der Waals surface area contributed by atoms with Crippen molar-refractivity contribution < 1.29 is 13.2 Å². The number of anilines is 1. The summed E-state index contributed by atoms with van der Waals surface area (Å²) in [6, 6.07) is 0. The number of aryl methyl sites for hydroxylation is 2. The van der Waals surface area contributed by atoms with Crippen LogP contribution in [0.25, 0.3) is 0 Å². The molecule has 1 aromatic rings. The van der Waals surface area contributed by atoms with E-state index in [1.165, 1.54) is 11.3 Å². The molecule has 74 valence electrons. The molecule has 0 fully saturated rings. The van der Waals surface area contributed by atoms with Crippen molar-refractivity contribution in [2.24, 2.45) is 0 Å². The third kappa shape index (κ3) is 2.91. The Bertz CT molecular complexity index is 271. The Morgan fingerprint density at radius 1 is 1.38 bits per heavy atom. The third-order valence-corrected chi connectivity index (χ3v) is 2.65. The second-order valence-corrected chi connectivity index (χ2v) is 3.90. The van der Waals surface area contributed by atoms with E-state index in [9.17, 15) is 13.2 Å². The van der Waals surface area contributed by atoms with Crippen LogP contribution in [0.5, 0.6) is 0 Å². The highest BCUT2D eigenvalue weighted by molar-refractivity contribution is 7.10. The molecular weight excluding hydrogens is 199 g/mol. The lowest BCUT2D eigenvalue weighted by molar-refractivity contribution is -0.115. The van der Waals surface area contributed by atoms with Gasteiger partial charge in [-0.15, -0.1) is 11.3 Å². The van der Waals surface area contributed by atoms with Crippen LogP contribution in [0.4, 0.5) is 18.9 Å². The van der Waals surface area contributed by atoms with E-state index in [0.29, 0.717) is 5.69 Å². The minimum absolute atomic E-state index is 0.613. The molecule has 1 rings (SSSR count). The number of thiophene rings is 1. The summed E-state index contributed by atoms with van der Waals surface area (Å²) in [5, 5.41) is 4.23. The Hall–Kier alpha value is -0.710. The molecule has 0 radical (unpaired) electrons. The molecule has 1 N–H and O–H groups in total. The summed E-state index contributed by atoms with van der Waals surface area (Å²) in [4.78, 5) is 0.891. The lowest BCUT2D eigenvalue weighted by atomic mass is 10.3. The molecule has 0 saturated carbocycles. The van der Waals surface area contributed by atoms with Crippen molar-refractivity contribution in [1.82, 2.24) is 0 Å². The van der Waals surface area contributed by atoms with E-state index in [-0.39, 0.29) is 0 Å². The molecule has 0 bridgehead atoms. The summed E-state index contributed by atoms with van der Waals surface area (Å²) in [7, 11) is 0. The maximum atomic E-state index is 11.9. The summed E-state index contributed by atoms with van der Waals surface area (Å²) < 4.78 is 35.6. The number of hydrogen-bond donors (Lipinski definition) is 1. The van der Waals surface area contributed by atoms with Crippen molar-refractivity contribution in [2.75, 3.05) is 11.9 Å². The van der Waals surface area contributed by atoms with E-state index in [4.69, 9.17) is 0 Å². The van der Waals surface area contributed by atoms with E-state index < -0.39 is 12.7 Å². The van der Waals surface area contributed by atoms with Gasteiger partial charge in [-0.25, -0.2) is 0 Å². The quantitative estimate of drug-likeness (QED) is 0.787. The van der Waals surface area contributed by atoms with Gasteiger partial charge in [-0.1, -0.05) is 0 Å². The van der Waals surface area contributed by atoms with Crippen molar-refractivity contribution in [3.63, 3.8) is 0 Å². The van der Waals surface area contributed by atoms with Gasteiger partial charge in [-0.3, -0.25) is 0 Å². The van der Waals surface area contributed by atoms with Gasteiger partial charge in [-0.05, 0) is 24.8 Å². The molecule has 0 saturated heterocycles. The van der Waals surface area contributed by atoms with Gasteiger partial charge < -0.3 is 5.32 Å². The van der Waals surface area contributed by atoms with Crippen LogP contribution >= 0.6 is 11.3 Å². The zero-order valence-electron chi connectivity index (χ0n) is 7.33. The summed E-state index contributed by atoms with van der Waals surface area (Å²) >= 11 is 1.45. The SMILES string of the molecule is Cc1csc(C)c1NCC(F)(F)F. The Labute approximate surface area is 78.6 Å². The Kier molecular flexibility index (Phi) is 2.85. The zero-order valence-corrected chi connectivity index (χ0v) is 8.14. The highest BCUT2D eigenvalue weighted by atomic mass is 32.1. The number of nitrogens with one attached hydrogen (secondary N) is 1. The molecule has 1 nitrogen and oxygen atoms in total. The predicted octanol–water partition coefficient (Wildman–Crippen LogP) is 3.34. The standard InChI is InChI=1S/C8H10F3NS/c1-5-3-13-6(2)7(5)12-4-8(9,10)11/h3,12H,4H2,1-2H3. The van der Waals surface area contributed by atoms with Crippen LogP contribution in [0, 0.1) is 13.8 Å². The summed E-state index contributed by atoms with van der Waals surface area (Å²) in [6.45, 7) is 2.63. The molecule has 1 aromatic heterocycles. The van der Waals surface area contributed by atoms with Crippen LogP contribution in [-0.2, 0) is 0 Å². The minimum Gasteiger partial charge on any atom is -0.375 e. The van der Waals surface area contributed by atoms with E-state index in [1.807, 2.05) is 5.38 Å². The van der Waals surface area contributed by atoms with Gasteiger partial charge in [0.25, 0.3) is 0 Å². The minimum atomic E-state index is -4.15. The Morgan fingerprint density at radius 3 is 2.38 bits per heavy atom. The van der Waals surface area contributed by atoms with E-state index in [1.54, 1.807) is 13.8 Å². The van der Waals surface area contributed by atoms with Crippen molar-refractivity contribution in [3.05, 3.63) is 15.8 Å². The summed E-state index contributed by atoms with van der Waals surface area (Å²) in [5.74, 6) is 0. The van der Waals surface area contributed by atoms with Crippen LogP contribution in [0.1, 0.15) is 10.4 Å². The first-order chi connectivity index (χ1) is 5.90. The molecule has 0 aliphatic carbocycles. The second kappa shape index (κ2) is 3.57. The maximum Gasteiger partial charge on any atom is 0.405 e. The number of rotatable bonds is 2. The first kappa shape index (κ1) is 10.4. The second-order valence-electron chi connectivity index (χ2n) is 2.82. The Balaban J connectivity index is 2.64. The molecule has 5 heteroatoms. The van der Waals surface area contributed by atoms with E-state index in [0.717, 1.165) is 10.4 Å². The molecule has 0 unspecified atom stereocenters. The monoisotopic (exact) mass is 209 g/mol. The Morgan fingerprint density at radius 2 is 2.00 bits per heavy atom. The normalized spacial score (nSPS) is 11.8. The molecule has 0 spiro atoms. The number of hydrogen-bond acceptors (Lipinski definition) is 2. The van der Waals surface area contributed by atoms with Crippen molar-refractivity contribution in [2.45, 2.75) is 20.0 Å². The van der Waals surface area contributed by atoms with Gasteiger partial charge in [0.2, 0.25) is 0 Å². The largest absolute Gasteiger partial charge is 0.405 e.